The molecule has 1 aromatic carbocycles. The Labute approximate surface area is 89.8 Å². The van der Waals surface area contributed by atoms with Crippen LogP contribution in [0.3, 0.4) is 0 Å². The Morgan fingerprint density at radius 2 is 2.07 bits per heavy atom. The zero-order chi connectivity index (χ0) is 10.1. The van der Waals surface area contributed by atoms with E-state index in [0.717, 1.165) is 4.90 Å². The molecule has 1 aliphatic heterocycles. The monoisotopic (exact) mass is 227 g/mol. The predicted octanol–water partition coefficient (Wildman–Crippen LogP) is 1.86. The van der Waals surface area contributed by atoms with Gasteiger partial charge >= 0.3 is 0 Å². The number of carbonyl (C=O) groups is 2. The molecule has 0 saturated carbocycles. The van der Waals surface area contributed by atoms with Gasteiger partial charge in [0.1, 0.15) is 0 Å². The lowest BCUT2D eigenvalue weighted by Gasteiger charge is -2.01. The van der Waals surface area contributed by atoms with Gasteiger partial charge in [0.15, 0.2) is 0 Å². The molecule has 0 unspecified atom stereocenters. The second kappa shape index (κ2) is 3.63. The molecule has 1 N–H and O–H groups in total. The maximum Gasteiger partial charge on any atom is 0.260 e. The summed E-state index contributed by atoms with van der Waals surface area (Å²) in [6, 6.07) is 5.16. The minimum atomic E-state index is -0.335. The average molecular weight is 228 g/mol. The minimum absolute atomic E-state index is 0.331. The summed E-state index contributed by atoms with van der Waals surface area (Å²) in [5, 5.41) is 2.61. The number of thioether (sulfide) groups is 1. The van der Waals surface area contributed by atoms with Gasteiger partial charge in [0.25, 0.3) is 11.8 Å². The molecule has 1 aromatic rings. The van der Waals surface area contributed by atoms with Crippen LogP contribution < -0.4 is 5.32 Å². The van der Waals surface area contributed by atoms with E-state index in [-0.39, 0.29) is 11.8 Å². The number of rotatable bonds is 2. The van der Waals surface area contributed by atoms with Crippen LogP contribution in [0.2, 0.25) is 0 Å². The molecule has 0 radical (unpaired) electrons. The zero-order valence-corrected chi connectivity index (χ0v) is 8.61. The number of hydrogen-bond acceptors (Lipinski definition) is 3. The van der Waals surface area contributed by atoms with E-state index in [1.54, 1.807) is 18.2 Å². The zero-order valence-electron chi connectivity index (χ0n) is 7.04. The Morgan fingerprint density at radius 3 is 2.79 bits per heavy atom. The maximum absolute atomic E-state index is 11.4. The van der Waals surface area contributed by atoms with E-state index in [2.05, 4.69) is 5.32 Å². The summed E-state index contributed by atoms with van der Waals surface area (Å²) in [5.74, 6) is -0.666. The summed E-state index contributed by atoms with van der Waals surface area (Å²) in [5.41, 5.74) is 0.883. The quantitative estimate of drug-likeness (QED) is 0.477. The van der Waals surface area contributed by atoms with Crippen LogP contribution in [-0.2, 0) is 0 Å². The molecule has 0 saturated heterocycles. The van der Waals surface area contributed by atoms with Crippen molar-refractivity contribution in [2.75, 3.05) is 5.21 Å². The van der Waals surface area contributed by atoms with Gasteiger partial charge in [-0.15, -0.1) is 23.4 Å². The Bertz CT molecular complexity index is 419. The Morgan fingerprint density at radius 1 is 1.29 bits per heavy atom. The first-order valence-electron chi connectivity index (χ1n) is 3.91. The fourth-order valence-corrected chi connectivity index (χ4v) is 2.36. The molecule has 1 aliphatic rings. The second-order valence-corrected chi connectivity index (χ2v) is 4.32. The van der Waals surface area contributed by atoms with Crippen molar-refractivity contribution in [3.05, 3.63) is 29.3 Å². The smallest absolute Gasteiger partial charge is 0.260 e. The Balaban J connectivity index is 2.56. The summed E-state index contributed by atoms with van der Waals surface area (Å²) < 4.78 is 0. The lowest BCUT2D eigenvalue weighted by atomic mass is 10.1. The number of amides is 2. The van der Waals surface area contributed by atoms with E-state index < -0.39 is 0 Å². The molecule has 2 amide bonds. The number of nitrogens with one attached hydrogen (secondary N) is 1. The van der Waals surface area contributed by atoms with Crippen LogP contribution in [0.4, 0.5) is 0 Å². The summed E-state index contributed by atoms with van der Waals surface area (Å²) >= 11 is 6.91. The highest BCUT2D eigenvalue weighted by molar-refractivity contribution is 8.00. The van der Waals surface area contributed by atoms with E-state index in [4.69, 9.17) is 11.6 Å². The molecule has 72 valence electrons. The fourth-order valence-electron chi connectivity index (χ4n) is 1.37. The Kier molecular flexibility index (Phi) is 2.48. The van der Waals surface area contributed by atoms with Crippen molar-refractivity contribution in [2.45, 2.75) is 4.90 Å². The first-order chi connectivity index (χ1) is 6.74. The van der Waals surface area contributed by atoms with Crippen LogP contribution in [-0.4, -0.2) is 17.0 Å². The van der Waals surface area contributed by atoms with E-state index >= 15 is 0 Å². The lowest BCUT2D eigenvalue weighted by molar-refractivity contribution is 0.0879. The molecule has 14 heavy (non-hydrogen) atoms. The summed E-state index contributed by atoms with van der Waals surface area (Å²) in [6.45, 7) is 0. The first-order valence-corrected chi connectivity index (χ1v) is 5.43. The molecule has 2 rings (SSSR count). The van der Waals surface area contributed by atoms with Crippen molar-refractivity contribution in [2.24, 2.45) is 0 Å². The third kappa shape index (κ3) is 1.40. The van der Waals surface area contributed by atoms with Gasteiger partial charge in [0.05, 0.1) is 16.3 Å². The summed E-state index contributed by atoms with van der Waals surface area (Å²) in [4.78, 5) is 23.4. The molecular formula is C9H6ClNO2S. The van der Waals surface area contributed by atoms with Gasteiger partial charge in [-0.1, -0.05) is 6.07 Å². The van der Waals surface area contributed by atoms with Gasteiger partial charge in [-0.25, -0.2) is 0 Å². The van der Waals surface area contributed by atoms with Crippen LogP contribution in [0.25, 0.3) is 0 Å². The van der Waals surface area contributed by atoms with Gasteiger partial charge in [-0.2, -0.15) is 0 Å². The van der Waals surface area contributed by atoms with E-state index in [1.165, 1.54) is 11.8 Å². The van der Waals surface area contributed by atoms with E-state index in [1.807, 2.05) is 0 Å². The van der Waals surface area contributed by atoms with Crippen LogP contribution in [0.5, 0.6) is 0 Å². The number of benzene rings is 1. The highest BCUT2D eigenvalue weighted by Gasteiger charge is 2.28. The molecule has 3 nitrogen and oxygen atoms in total. The number of imide groups is 1. The van der Waals surface area contributed by atoms with Gasteiger partial charge < -0.3 is 0 Å². The van der Waals surface area contributed by atoms with Gasteiger partial charge in [-0.3, -0.25) is 14.9 Å². The average Bonchev–Trinajstić information content (AvgIpc) is 2.44. The van der Waals surface area contributed by atoms with Gasteiger partial charge in [0, 0.05) is 4.90 Å². The van der Waals surface area contributed by atoms with Crippen molar-refractivity contribution in [1.82, 2.24) is 5.32 Å². The van der Waals surface area contributed by atoms with Gasteiger partial charge in [0.2, 0.25) is 0 Å². The third-order valence-electron chi connectivity index (χ3n) is 1.94. The van der Waals surface area contributed by atoms with Crippen molar-refractivity contribution in [3.63, 3.8) is 0 Å². The summed E-state index contributed by atoms with van der Waals surface area (Å²) in [6.07, 6.45) is 0. The van der Waals surface area contributed by atoms with E-state index in [9.17, 15) is 9.59 Å². The minimum Gasteiger partial charge on any atom is -0.288 e. The molecule has 0 atom stereocenters. The lowest BCUT2D eigenvalue weighted by Crippen LogP contribution is -2.20. The highest BCUT2D eigenvalue weighted by atomic mass is 35.5. The number of hydrogen-bond donors (Lipinski definition) is 1. The van der Waals surface area contributed by atoms with Crippen molar-refractivity contribution >= 4 is 35.2 Å². The van der Waals surface area contributed by atoms with Crippen LogP contribution in [0.1, 0.15) is 20.7 Å². The number of fused-ring (bicyclic) bond motifs is 1. The number of carbonyl (C=O) groups excluding carboxylic acids is 2. The number of alkyl halides is 1. The largest absolute Gasteiger partial charge is 0.288 e. The molecule has 5 heteroatoms. The van der Waals surface area contributed by atoms with Crippen molar-refractivity contribution in [1.29, 1.82) is 0 Å². The Hall–Kier alpha value is -1.00. The summed E-state index contributed by atoms with van der Waals surface area (Å²) in [7, 11) is 0. The molecule has 0 aromatic heterocycles. The standard InChI is InChI=1S/C9H6ClNO2S/c10-4-14-6-3-1-2-5-7(6)9(13)11-8(5)12/h1-3H,4H2,(H,11,12,13). The topological polar surface area (TPSA) is 46.2 Å². The van der Waals surface area contributed by atoms with Crippen LogP contribution >= 0.6 is 23.4 Å². The molecule has 0 aliphatic carbocycles. The molecule has 0 bridgehead atoms. The van der Waals surface area contributed by atoms with Crippen molar-refractivity contribution in [3.8, 4) is 0 Å². The third-order valence-corrected chi connectivity index (χ3v) is 3.02. The fraction of sp³-hybridized carbons (Fsp3) is 0.111. The number of halogens is 1. The van der Waals surface area contributed by atoms with Crippen LogP contribution in [0, 0.1) is 0 Å². The molecule has 1 heterocycles. The second-order valence-electron chi connectivity index (χ2n) is 2.72. The van der Waals surface area contributed by atoms with Gasteiger partial charge in [-0.05, 0) is 12.1 Å². The highest BCUT2D eigenvalue weighted by Crippen LogP contribution is 2.28. The molecule has 0 fully saturated rings. The maximum atomic E-state index is 11.4. The normalized spacial score (nSPS) is 14.1. The molecular weight excluding hydrogens is 222 g/mol. The van der Waals surface area contributed by atoms with Crippen LogP contribution in [0.15, 0.2) is 23.1 Å². The molecule has 0 spiro atoms. The van der Waals surface area contributed by atoms with Crippen molar-refractivity contribution < 1.29 is 9.59 Å². The van der Waals surface area contributed by atoms with E-state index in [0.29, 0.717) is 16.3 Å². The predicted molar refractivity (Wildman–Crippen MR) is 54.8 cm³/mol. The first kappa shape index (κ1) is 9.55. The SMILES string of the molecule is O=C1NC(=O)c2c(SCCl)cccc21.